The van der Waals surface area contributed by atoms with Gasteiger partial charge in [-0.2, -0.15) is 25.3 Å². The second-order valence-corrected chi connectivity index (χ2v) is 6.61. The molecule has 0 heterocycles. The van der Waals surface area contributed by atoms with Crippen LogP contribution in [-0.4, -0.2) is 60.6 Å². The van der Waals surface area contributed by atoms with Gasteiger partial charge in [-0.15, -0.1) is 0 Å². The molecule has 2 unspecified atom stereocenters. The van der Waals surface area contributed by atoms with E-state index in [2.05, 4.69) is 49.7 Å². The van der Waals surface area contributed by atoms with E-state index < -0.39 is 34.3 Å². The molecule has 0 saturated heterocycles. The number of carbonyl (C=O) groups is 4. The summed E-state index contributed by atoms with van der Waals surface area (Å²) in [6.45, 7) is 6.62. The molecular formula is C18H22N2O6S2Y2-2. The van der Waals surface area contributed by atoms with E-state index in [1.165, 1.54) is 24.3 Å². The van der Waals surface area contributed by atoms with Crippen molar-refractivity contribution in [3.8, 4) is 0 Å². The molecular weight excluding hydrogens is 582 g/mol. The summed E-state index contributed by atoms with van der Waals surface area (Å²) in [6.07, 6.45) is 0. The van der Waals surface area contributed by atoms with Crippen LogP contribution in [0.15, 0.2) is 24.3 Å². The Morgan fingerprint density at radius 1 is 0.833 bits per heavy atom. The Hall–Kier alpha value is 0.00779. The predicted octanol–water partition coefficient (Wildman–Crippen LogP) is 0.493. The van der Waals surface area contributed by atoms with Crippen LogP contribution in [0.4, 0.5) is 0 Å². The van der Waals surface area contributed by atoms with Crippen LogP contribution in [0.1, 0.15) is 20.7 Å². The zero-order chi connectivity index (χ0) is 21.1. The average Bonchev–Trinajstić information content (AvgIpc) is 2.69. The summed E-state index contributed by atoms with van der Waals surface area (Å²) in [5, 5.41) is 3.41. The summed E-state index contributed by atoms with van der Waals surface area (Å²) < 4.78 is 9.39. The summed E-state index contributed by atoms with van der Waals surface area (Å²) >= 11 is 8.09. The molecule has 1 aromatic carbocycles. The number of esters is 2. The SMILES string of the molecule is [CH2-]COC(=O)C(S)CNC(=O)c1cccc(C(=O)NCC(S)C(=O)OC[CH2-])c1.[Y].[Y]. The minimum absolute atomic E-state index is 0. The Kier molecular flexibility index (Phi) is 18.8. The fourth-order valence-electron chi connectivity index (χ4n) is 1.94. The van der Waals surface area contributed by atoms with Gasteiger partial charge in [0.25, 0.3) is 11.8 Å². The summed E-state index contributed by atoms with van der Waals surface area (Å²) in [7, 11) is 0. The maximum atomic E-state index is 12.2. The van der Waals surface area contributed by atoms with Crippen LogP contribution in [0.2, 0.25) is 0 Å². The standard InChI is InChI=1S/C18H22N2O6S2.2Y/c1-3-25-17(23)13(27)9-19-15(21)11-6-5-7-12(8-11)16(22)20-10-14(28)18(24)26-4-2;;/h5-8,13-14,27-28H,1-4,9-10H2,(H,19,21)(H,20,22);;/q-2;;. The van der Waals surface area contributed by atoms with Gasteiger partial charge >= 0.3 is 11.9 Å². The number of benzene rings is 1. The third-order valence-electron chi connectivity index (χ3n) is 3.33. The first-order valence-electron chi connectivity index (χ1n) is 8.24. The van der Waals surface area contributed by atoms with Gasteiger partial charge in [-0.1, -0.05) is 6.07 Å². The maximum absolute atomic E-state index is 12.2. The zero-order valence-electron chi connectivity index (χ0n) is 16.2. The van der Waals surface area contributed by atoms with E-state index >= 15 is 0 Å². The number of amides is 2. The Balaban J connectivity index is 0. The fraction of sp³-hybridized carbons (Fsp3) is 0.333. The van der Waals surface area contributed by atoms with Crippen molar-refractivity contribution in [2.24, 2.45) is 0 Å². The quantitative estimate of drug-likeness (QED) is 0.176. The van der Waals surface area contributed by atoms with E-state index in [0.29, 0.717) is 0 Å². The van der Waals surface area contributed by atoms with E-state index in [0.717, 1.165) is 0 Å². The van der Waals surface area contributed by atoms with Crippen molar-refractivity contribution in [2.75, 3.05) is 26.3 Å². The summed E-state index contributed by atoms with van der Waals surface area (Å²) in [5.74, 6) is -2.15. The first kappa shape index (κ1) is 32.2. The van der Waals surface area contributed by atoms with Crippen molar-refractivity contribution in [1.29, 1.82) is 0 Å². The van der Waals surface area contributed by atoms with Crippen LogP contribution < -0.4 is 10.6 Å². The molecule has 30 heavy (non-hydrogen) atoms. The van der Waals surface area contributed by atoms with Gasteiger partial charge in [-0.25, -0.2) is 0 Å². The fourth-order valence-corrected chi connectivity index (χ4v) is 2.28. The van der Waals surface area contributed by atoms with Gasteiger partial charge in [-0.05, 0) is 31.4 Å². The van der Waals surface area contributed by atoms with Gasteiger partial charge < -0.3 is 34.0 Å². The number of hydrogen-bond acceptors (Lipinski definition) is 8. The van der Waals surface area contributed by atoms with Crippen LogP contribution in [0, 0.1) is 13.8 Å². The Morgan fingerprint density at radius 3 is 1.53 bits per heavy atom. The molecule has 1 rings (SSSR count). The molecule has 0 aromatic heterocycles. The molecule has 0 aliphatic heterocycles. The monoisotopic (exact) mass is 604 g/mol. The predicted molar refractivity (Wildman–Crippen MR) is 109 cm³/mol. The van der Waals surface area contributed by atoms with Crippen molar-refractivity contribution >= 4 is 49.0 Å². The summed E-state index contributed by atoms with van der Waals surface area (Å²) in [4.78, 5) is 47.4. The Labute approximate surface area is 237 Å². The van der Waals surface area contributed by atoms with Crippen molar-refractivity contribution in [1.82, 2.24) is 10.6 Å². The van der Waals surface area contributed by atoms with Crippen LogP contribution in [0.25, 0.3) is 0 Å². The molecule has 0 aliphatic rings. The minimum atomic E-state index is -0.831. The molecule has 0 fully saturated rings. The van der Waals surface area contributed by atoms with Gasteiger partial charge in [0, 0.05) is 89.6 Å². The molecule has 2 radical (unpaired) electrons. The van der Waals surface area contributed by atoms with Gasteiger partial charge in [0.15, 0.2) is 0 Å². The molecule has 0 spiro atoms. The van der Waals surface area contributed by atoms with E-state index in [1.54, 1.807) is 0 Å². The second-order valence-electron chi connectivity index (χ2n) is 5.37. The molecule has 2 amide bonds. The molecule has 0 bridgehead atoms. The molecule has 2 N–H and O–H groups in total. The van der Waals surface area contributed by atoms with E-state index in [1.807, 2.05) is 0 Å². The Bertz CT molecular complexity index is 668. The topological polar surface area (TPSA) is 111 Å². The van der Waals surface area contributed by atoms with E-state index in [4.69, 9.17) is 9.47 Å². The molecule has 0 saturated carbocycles. The van der Waals surface area contributed by atoms with Crippen molar-refractivity contribution in [3.63, 3.8) is 0 Å². The van der Waals surface area contributed by atoms with Crippen LogP contribution in [0.5, 0.6) is 0 Å². The summed E-state index contributed by atoms with van der Waals surface area (Å²) in [5.41, 5.74) is 0.440. The average molecular weight is 604 g/mol. The molecule has 160 valence electrons. The smallest absolute Gasteiger partial charge is 0.317 e. The van der Waals surface area contributed by atoms with Gasteiger partial charge in [0.1, 0.15) is 10.5 Å². The van der Waals surface area contributed by atoms with Crippen molar-refractivity contribution in [2.45, 2.75) is 10.5 Å². The van der Waals surface area contributed by atoms with E-state index in [9.17, 15) is 19.2 Å². The largest absolute Gasteiger partial charge is 0.498 e. The summed E-state index contributed by atoms with van der Waals surface area (Å²) in [6, 6.07) is 5.95. The first-order valence-corrected chi connectivity index (χ1v) is 9.27. The number of ether oxygens (including phenoxy) is 2. The van der Waals surface area contributed by atoms with Gasteiger partial charge in [-0.3, -0.25) is 19.2 Å². The molecule has 1 aromatic rings. The number of thiol groups is 2. The third kappa shape index (κ3) is 11.6. The maximum Gasteiger partial charge on any atom is 0.317 e. The number of carbonyl (C=O) groups excluding carboxylic acids is 4. The van der Waals surface area contributed by atoms with Gasteiger partial charge in [0.2, 0.25) is 0 Å². The number of nitrogens with one attached hydrogen (secondary N) is 2. The third-order valence-corrected chi connectivity index (χ3v) is 4.12. The number of rotatable bonds is 10. The second kappa shape index (κ2) is 17.6. The Morgan fingerprint density at radius 2 is 1.20 bits per heavy atom. The van der Waals surface area contributed by atoms with Crippen LogP contribution in [-0.2, 0) is 84.5 Å². The molecule has 0 aliphatic carbocycles. The van der Waals surface area contributed by atoms with Gasteiger partial charge in [0.05, 0.1) is 0 Å². The molecule has 8 nitrogen and oxygen atoms in total. The van der Waals surface area contributed by atoms with E-state index in [-0.39, 0.29) is 103 Å². The van der Waals surface area contributed by atoms with Crippen molar-refractivity contribution in [3.05, 3.63) is 49.2 Å². The van der Waals surface area contributed by atoms with Crippen molar-refractivity contribution < 1.29 is 94.1 Å². The minimum Gasteiger partial charge on any atom is -0.498 e. The van der Waals surface area contributed by atoms with Crippen LogP contribution in [0.3, 0.4) is 0 Å². The molecule has 12 heteroatoms. The first-order chi connectivity index (χ1) is 13.3. The van der Waals surface area contributed by atoms with Crippen LogP contribution >= 0.6 is 25.3 Å². The normalized spacial score (nSPS) is 11.6. The zero-order valence-corrected chi connectivity index (χ0v) is 23.7. The molecule has 2 atom stereocenters. The number of hydrogen-bond donors (Lipinski definition) is 4.